The first-order valence-electron chi connectivity index (χ1n) is 10.0. The normalized spacial score (nSPS) is 10.2. The molecule has 0 amide bonds. The second-order valence-corrected chi connectivity index (χ2v) is 9.01. The molecule has 7 nitrogen and oxygen atoms in total. The predicted octanol–water partition coefficient (Wildman–Crippen LogP) is 7.32. The van der Waals surface area contributed by atoms with Crippen molar-refractivity contribution in [3.8, 4) is 11.5 Å². The van der Waals surface area contributed by atoms with Crippen LogP contribution in [0.15, 0.2) is 86.0 Å². The van der Waals surface area contributed by atoms with Crippen LogP contribution >= 0.6 is 44.7 Å². The molecule has 0 saturated heterocycles. The third-order valence-electron chi connectivity index (χ3n) is 4.85. The molecule has 1 radical (unpaired) electrons. The Morgan fingerprint density at radius 3 is 1.64 bits per heavy atom. The summed E-state index contributed by atoms with van der Waals surface area (Å²) in [6, 6.07) is 22.2. The Balaban J connectivity index is 0.000000178. The van der Waals surface area contributed by atoms with E-state index >= 15 is 0 Å². The molecule has 6 aromatic rings. The number of hydrogen-bond donors (Lipinski definition) is 3. The van der Waals surface area contributed by atoms with Crippen molar-refractivity contribution < 1.29 is 10.2 Å². The van der Waals surface area contributed by atoms with Crippen molar-refractivity contribution >= 4 is 96.4 Å². The van der Waals surface area contributed by atoms with Gasteiger partial charge in [0.25, 0.3) is 0 Å². The van der Waals surface area contributed by atoms with E-state index in [1.807, 2.05) is 54.6 Å². The van der Waals surface area contributed by atoms with E-state index in [4.69, 9.17) is 0 Å². The number of phenols is 2. The summed E-state index contributed by atoms with van der Waals surface area (Å²) in [5, 5.41) is 19.6. The zero-order chi connectivity index (χ0) is 24.9. The molecule has 0 fully saturated rings. The van der Waals surface area contributed by atoms with Gasteiger partial charge in [-0.05, 0) is 74.3 Å². The molecule has 2 aromatic heterocycles. The first-order valence-corrected chi connectivity index (χ1v) is 12.0. The summed E-state index contributed by atoms with van der Waals surface area (Å²) < 4.78 is 4.09. The van der Waals surface area contributed by atoms with Crippen LogP contribution in [0.5, 0.6) is 11.5 Å². The zero-order valence-electron chi connectivity index (χ0n) is 17.8. The van der Waals surface area contributed by atoms with Crippen molar-refractivity contribution in [1.29, 1.82) is 0 Å². The van der Waals surface area contributed by atoms with E-state index < -0.39 is 0 Å². The van der Waals surface area contributed by atoms with Gasteiger partial charge in [0, 0.05) is 4.47 Å². The maximum atomic E-state index is 9.97. The number of aromatic hydroxyl groups is 2. The van der Waals surface area contributed by atoms with Gasteiger partial charge in [0.05, 0.1) is 32.1 Å². The molecule has 179 valence electrons. The summed E-state index contributed by atoms with van der Waals surface area (Å²) in [5.41, 5.74) is 5.63. The molecule has 2 heterocycles. The van der Waals surface area contributed by atoms with Gasteiger partial charge in [-0.3, -0.25) is 0 Å². The minimum atomic E-state index is 0. The Morgan fingerprint density at radius 2 is 1.08 bits per heavy atom. The standard InChI is InChI=1S/C12H6Br2N2O.C12H8N2O.CH4.BHNS/c13-6-5-7(14)12(17)11-10(6)15-8-3-1-2-4-9(8)16-11;15-11-7-3-6-10-12(11)14-9-5-2-1-4-8(9)13-10;;1-2-3/h1-5,17H;1-7,15H;1H4;3H. The van der Waals surface area contributed by atoms with Gasteiger partial charge < -0.3 is 10.2 Å². The molecule has 0 saturated carbocycles. The molecule has 0 aliphatic carbocycles. The molecule has 0 bridgehead atoms. The number of rotatable bonds is 0. The van der Waals surface area contributed by atoms with Crippen molar-refractivity contribution in [2.75, 3.05) is 0 Å². The first-order chi connectivity index (χ1) is 16.9. The number of para-hydroxylation sites is 5. The van der Waals surface area contributed by atoms with Crippen LogP contribution in [-0.2, 0) is 0 Å². The fraction of sp³-hybridized carbons (Fsp3) is 0.0400. The second kappa shape index (κ2) is 12.2. The molecule has 0 spiro atoms. The van der Waals surface area contributed by atoms with Crippen LogP contribution in [-0.4, -0.2) is 37.8 Å². The molecule has 2 N–H and O–H groups in total. The number of hydrogen-bond acceptors (Lipinski definition) is 8. The van der Waals surface area contributed by atoms with Crippen LogP contribution in [0.25, 0.3) is 44.1 Å². The fourth-order valence-corrected chi connectivity index (χ4v) is 4.55. The van der Waals surface area contributed by atoms with E-state index in [9.17, 15) is 10.2 Å². The average Bonchev–Trinajstić information content (AvgIpc) is 2.87. The zero-order valence-corrected chi connectivity index (χ0v) is 21.9. The van der Waals surface area contributed by atoms with Gasteiger partial charge >= 0.3 is 24.8 Å². The van der Waals surface area contributed by atoms with Crippen molar-refractivity contribution in [2.45, 2.75) is 7.43 Å². The molecule has 11 heteroatoms. The minimum absolute atomic E-state index is 0. The third-order valence-corrected chi connectivity index (χ3v) is 6.06. The van der Waals surface area contributed by atoms with Crippen LogP contribution < -0.4 is 0 Å². The van der Waals surface area contributed by atoms with Gasteiger partial charge in [-0.25, -0.2) is 19.9 Å². The second-order valence-electron chi connectivity index (χ2n) is 7.07. The van der Waals surface area contributed by atoms with E-state index in [1.54, 1.807) is 18.2 Å². The summed E-state index contributed by atoms with van der Waals surface area (Å²) in [4.78, 5) is 17.7. The Morgan fingerprint density at radius 1 is 0.639 bits per heavy atom. The van der Waals surface area contributed by atoms with Crippen LogP contribution in [0, 0.1) is 0 Å². The number of phenolic OH excluding ortho intramolecular Hbond substituents is 2. The van der Waals surface area contributed by atoms with Crippen molar-refractivity contribution in [2.24, 2.45) is 4.30 Å². The molecule has 0 aliphatic heterocycles. The number of halogens is 2. The Hall–Kier alpha value is -3.15. The fourth-order valence-electron chi connectivity index (χ4n) is 3.32. The number of aromatic nitrogens is 4. The third kappa shape index (κ3) is 5.80. The summed E-state index contributed by atoms with van der Waals surface area (Å²) in [7, 11) is 4.34. The number of nitrogens with zero attached hydrogens (tertiary/aromatic N) is 5. The topological polar surface area (TPSA) is 104 Å². The van der Waals surface area contributed by atoms with Crippen LogP contribution in [0.4, 0.5) is 0 Å². The molecule has 0 atom stereocenters. The van der Waals surface area contributed by atoms with Gasteiger partial charge in [0.1, 0.15) is 22.3 Å². The summed E-state index contributed by atoms with van der Waals surface area (Å²) in [6.45, 7) is 0. The Labute approximate surface area is 230 Å². The number of benzene rings is 4. The predicted molar refractivity (Wildman–Crippen MR) is 157 cm³/mol. The van der Waals surface area contributed by atoms with Crippen LogP contribution in [0.1, 0.15) is 7.43 Å². The van der Waals surface area contributed by atoms with Crippen molar-refractivity contribution in [3.63, 3.8) is 0 Å². The van der Waals surface area contributed by atoms with E-state index in [0.29, 0.717) is 26.5 Å². The van der Waals surface area contributed by atoms with E-state index in [2.05, 4.69) is 76.5 Å². The summed E-state index contributed by atoms with van der Waals surface area (Å²) >= 11 is 9.90. The van der Waals surface area contributed by atoms with Crippen molar-refractivity contribution in [3.05, 3.63) is 81.7 Å². The van der Waals surface area contributed by atoms with Gasteiger partial charge in [0.15, 0.2) is 5.75 Å². The Bertz CT molecular complexity index is 1700. The summed E-state index contributed by atoms with van der Waals surface area (Å²) in [6.07, 6.45) is 0. The van der Waals surface area contributed by atoms with Gasteiger partial charge in [-0.1, -0.05) is 37.8 Å². The quantitative estimate of drug-likeness (QED) is 0.0930. The van der Waals surface area contributed by atoms with E-state index in [0.717, 1.165) is 26.5 Å². The Kier molecular flexibility index (Phi) is 9.30. The monoisotopic (exact) mass is 622 g/mol. The van der Waals surface area contributed by atoms with E-state index in [1.165, 1.54) is 0 Å². The van der Waals surface area contributed by atoms with Gasteiger partial charge in [0.2, 0.25) is 0 Å². The molecular weight excluding hydrogens is 605 g/mol. The van der Waals surface area contributed by atoms with Crippen LogP contribution in [0.2, 0.25) is 0 Å². The average molecular weight is 624 g/mol. The molecule has 36 heavy (non-hydrogen) atoms. The molecule has 6 rings (SSSR count). The van der Waals surface area contributed by atoms with Crippen LogP contribution in [0.3, 0.4) is 0 Å². The first kappa shape index (κ1) is 27.4. The number of fused-ring (bicyclic) bond motifs is 4. The molecule has 4 aromatic carbocycles. The molecular formula is C25H19BBr2N5O2S. The van der Waals surface area contributed by atoms with Crippen molar-refractivity contribution in [1.82, 2.24) is 19.9 Å². The van der Waals surface area contributed by atoms with Gasteiger partial charge in [-0.15, -0.1) is 0 Å². The molecule has 0 unspecified atom stereocenters. The SMILES string of the molecule is C.Oc1c(Br)cc(Br)c2nc3ccccc3nc12.Oc1cccc2nc3ccccc3nc12.[B]=NS. The summed E-state index contributed by atoms with van der Waals surface area (Å²) in [5.74, 6) is 0.284. The maximum absolute atomic E-state index is 9.97. The van der Waals surface area contributed by atoms with Gasteiger partial charge in [-0.2, -0.15) is 0 Å². The molecule has 0 aliphatic rings. The number of thiol groups is 1. The van der Waals surface area contributed by atoms with E-state index in [-0.39, 0.29) is 18.9 Å².